The van der Waals surface area contributed by atoms with Gasteiger partial charge in [-0.15, -0.1) is 6.58 Å². The van der Waals surface area contributed by atoms with Crippen LogP contribution in [0.1, 0.15) is 27.0 Å². The molecule has 5 heteroatoms. The van der Waals surface area contributed by atoms with Gasteiger partial charge in [-0.2, -0.15) is 5.10 Å². The third kappa shape index (κ3) is 2.94. The number of aromatic nitrogens is 2. The maximum atomic E-state index is 11.4. The van der Waals surface area contributed by atoms with E-state index in [9.17, 15) is 9.90 Å². The Balaban J connectivity index is 1.76. The van der Waals surface area contributed by atoms with Crippen LogP contribution in [0.4, 0.5) is 0 Å². The lowest BCUT2D eigenvalue weighted by molar-refractivity contribution is 0.0693. The standard InChI is InChI=1S/C17H19N3O2/c1-2-7-20-11-13(9-18-20)10-19-8-6-14-4-3-5-15(17(21)22)16(14)12-19/h2-5,9,11H,1,6-8,10,12H2,(H,21,22). The topological polar surface area (TPSA) is 58.4 Å². The predicted octanol–water partition coefficient (Wildman–Crippen LogP) is 2.33. The van der Waals surface area contributed by atoms with Crippen molar-refractivity contribution in [3.8, 4) is 0 Å². The Morgan fingerprint density at radius 2 is 2.32 bits per heavy atom. The molecule has 2 aromatic rings. The summed E-state index contributed by atoms with van der Waals surface area (Å²) in [5.74, 6) is -0.850. The average Bonchev–Trinajstić information content (AvgIpc) is 2.94. The summed E-state index contributed by atoms with van der Waals surface area (Å²) in [6, 6.07) is 5.55. The van der Waals surface area contributed by atoms with E-state index in [2.05, 4.69) is 16.6 Å². The number of hydrogen-bond acceptors (Lipinski definition) is 3. The molecule has 0 spiro atoms. The van der Waals surface area contributed by atoms with E-state index in [1.54, 1.807) is 6.07 Å². The number of aromatic carboxylic acids is 1. The van der Waals surface area contributed by atoms with E-state index in [0.717, 1.165) is 36.2 Å². The third-order valence-electron chi connectivity index (χ3n) is 3.99. The minimum absolute atomic E-state index is 0.421. The summed E-state index contributed by atoms with van der Waals surface area (Å²) >= 11 is 0. The lowest BCUT2D eigenvalue weighted by Gasteiger charge is -2.29. The zero-order valence-corrected chi connectivity index (χ0v) is 12.4. The van der Waals surface area contributed by atoms with Gasteiger partial charge in [0.05, 0.1) is 18.3 Å². The van der Waals surface area contributed by atoms with Gasteiger partial charge in [-0.1, -0.05) is 18.2 Å². The van der Waals surface area contributed by atoms with Crippen LogP contribution in [0.25, 0.3) is 0 Å². The fourth-order valence-electron chi connectivity index (χ4n) is 2.95. The molecule has 1 aliphatic heterocycles. The molecule has 1 N–H and O–H groups in total. The maximum absolute atomic E-state index is 11.4. The molecule has 0 atom stereocenters. The first-order valence-electron chi connectivity index (χ1n) is 7.36. The van der Waals surface area contributed by atoms with Crippen molar-refractivity contribution in [2.45, 2.75) is 26.1 Å². The summed E-state index contributed by atoms with van der Waals surface area (Å²) in [5, 5.41) is 13.6. The van der Waals surface area contributed by atoms with Crippen LogP contribution in [0.2, 0.25) is 0 Å². The molecule has 1 aromatic heterocycles. The van der Waals surface area contributed by atoms with Crippen LogP contribution in [0.15, 0.2) is 43.2 Å². The van der Waals surface area contributed by atoms with E-state index in [4.69, 9.17) is 0 Å². The molecule has 3 rings (SSSR count). The quantitative estimate of drug-likeness (QED) is 0.861. The Morgan fingerprint density at radius 3 is 3.09 bits per heavy atom. The van der Waals surface area contributed by atoms with E-state index in [1.807, 2.05) is 35.3 Å². The van der Waals surface area contributed by atoms with Crippen LogP contribution in [0.5, 0.6) is 0 Å². The fraction of sp³-hybridized carbons (Fsp3) is 0.294. The lowest BCUT2D eigenvalue weighted by Crippen LogP contribution is -2.31. The number of fused-ring (bicyclic) bond motifs is 1. The summed E-state index contributed by atoms with van der Waals surface area (Å²) in [5.41, 5.74) is 3.65. The predicted molar refractivity (Wildman–Crippen MR) is 83.6 cm³/mol. The van der Waals surface area contributed by atoms with Crippen molar-refractivity contribution in [1.29, 1.82) is 0 Å². The van der Waals surface area contributed by atoms with E-state index in [0.29, 0.717) is 18.7 Å². The second-order valence-corrected chi connectivity index (χ2v) is 5.57. The number of hydrogen-bond donors (Lipinski definition) is 1. The number of allylic oxidation sites excluding steroid dienone is 1. The molecule has 1 aromatic carbocycles. The Labute approximate surface area is 129 Å². The van der Waals surface area contributed by atoms with Crippen molar-refractivity contribution in [3.63, 3.8) is 0 Å². The minimum atomic E-state index is -0.850. The molecule has 0 aliphatic carbocycles. The van der Waals surface area contributed by atoms with Gasteiger partial charge in [0.1, 0.15) is 0 Å². The number of nitrogens with zero attached hydrogens (tertiary/aromatic N) is 3. The number of rotatable bonds is 5. The Bertz CT molecular complexity index is 706. The molecule has 114 valence electrons. The Kier molecular flexibility index (Phi) is 4.06. The molecule has 1 aliphatic rings. The lowest BCUT2D eigenvalue weighted by atomic mass is 9.94. The second-order valence-electron chi connectivity index (χ2n) is 5.57. The molecule has 0 bridgehead atoms. The fourth-order valence-corrected chi connectivity index (χ4v) is 2.95. The zero-order chi connectivity index (χ0) is 15.5. The van der Waals surface area contributed by atoms with Gasteiger partial charge < -0.3 is 5.11 Å². The molecular weight excluding hydrogens is 278 g/mol. The smallest absolute Gasteiger partial charge is 0.336 e. The third-order valence-corrected chi connectivity index (χ3v) is 3.99. The highest BCUT2D eigenvalue weighted by molar-refractivity contribution is 5.89. The summed E-state index contributed by atoms with van der Waals surface area (Å²) in [4.78, 5) is 13.6. The van der Waals surface area contributed by atoms with Crippen LogP contribution in [0.3, 0.4) is 0 Å². The monoisotopic (exact) mass is 297 g/mol. The molecule has 0 radical (unpaired) electrons. The highest BCUT2D eigenvalue weighted by Gasteiger charge is 2.21. The second kappa shape index (κ2) is 6.15. The summed E-state index contributed by atoms with van der Waals surface area (Å²) in [6.45, 7) is 6.79. The van der Waals surface area contributed by atoms with Crippen LogP contribution in [-0.2, 0) is 26.1 Å². The molecule has 0 saturated carbocycles. The normalized spacial score (nSPS) is 14.5. The van der Waals surface area contributed by atoms with Gasteiger partial charge in [-0.3, -0.25) is 9.58 Å². The number of benzene rings is 1. The number of carboxylic acid groups (broad SMARTS) is 1. The first kappa shape index (κ1) is 14.5. The van der Waals surface area contributed by atoms with E-state index >= 15 is 0 Å². The van der Waals surface area contributed by atoms with E-state index in [-0.39, 0.29) is 0 Å². The van der Waals surface area contributed by atoms with Gasteiger partial charge in [0.25, 0.3) is 0 Å². The van der Waals surface area contributed by atoms with Crippen molar-refractivity contribution >= 4 is 5.97 Å². The summed E-state index contributed by atoms with van der Waals surface area (Å²) in [7, 11) is 0. The van der Waals surface area contributed by atoms with Crippen molar-refractivity contribution in [2.75, 3.05) is 6.54 Å². The summed E-state index contributed by atoms with van der Waals surface area (Å²) < 4.78 is 1.85. The van der Waals surface area contributed by atoms with Crippen molar-refractivity contribution in [3.05, 3.63) is 65.5 Å². The van der Waals surface area contributed by atoms with Crippen LogP contribution in [-0.4, -0.2) is 32.3 Å². The van der Waals surface area contributed by atoms with E-state index in [1.165, 1.54) is 0 Å². The van der Waals surface area contributed by atoms with Gasteiger partial charge in [-0.05, 0) is 23.6 Å². The SMILES string of the molecule is C=CCn1cc(CN2CCc3cccc(C(=O)O)c3C2)cn1. The Hall–Kier alpha value is -2.40. The highest BCUT2D eigenvalue weighted by atomic mass is 16.4. The Morgan fingerprint density at radius 1 is 1.45 bits per heavy atom. The van der Waals surface area contributed by atoms with Gasteiger partial charge in [-0.25, -0.2) is 4.79 Å². The highest BCUT2D eigenvalue weighted by Crippen LogP contribution is 2.24. The molecule has 0 unspecified atom stereocenters. The van der Waals surface area contributed by atoms with Gasteiger partial charge in [0.2, 0.25) is 0 Å². The zero-order valence-electron chi connectivity index (χ0n) is 12.4. The number of carboxylic acids is 1. The molecule has 0 saturated heterocycles. The van der Waals surface area contributed by atoms with Gasteiger partial charge >= 0.3 is 5.97 Å². The van der Waals surface area contributed by atoms with Crippen LogP contribution in [0, 0.1) is 0 Å². The van der Waals surface area contributed by atoms with E-state index < -0.39 is 5.97 Å². The first-order valence-corrected chi connectivity index (χ1v) is 7.36. The molecule has 2 heterocycles. The molecule has 5 nitrogen and oxygen atoms in total. The van der Waals surface area contributed by atoms with Crippen molar-refractivity contribution < 1.29 is 9.90 Å². The molecular formula is C17H19N3O2. The number of carbonyl (C=O) groups is 1. The summed E-state index contributed by atoms with van der Waals surface area (Å²) in [6.07, 6.45) is 6.58. The van der Waals surface area contributed by atoms with Crippen molar-refractivity contribution in [2.24, 2.45) is 0 Å². The maximum Gasteiger partial charge on any atom is 0.336 e. The molecule has 0 fully saturated rings. The minimum Gasteiger partial charge on any atom is -0.478 e. The van der Waals surface area contributed by atoms with Gasteiger partial charge in [0.15, 0.2) is 0 Å². The average molecular weight is 297 g/mol. The molecule has 22 heavy (non-hydrogen) atoms. The van der Waals surface area contributed by atoms with Gasteiger partial charge in [0, 0.05) is 31.4 Å². The van der Waals surface area contributed by atoms with Crippen LogP contribution < -0.4 is 0 Å². The van der Waals surface area contributed by atoms with Crippen molar-refractivity contribution in [1.82, 2.24) is 14.7 Å². The first-order chi connectivity index (χ1) is 10.7. The molecule has 0 amide bonds. The van der Waals surface area contributed by atoms with Crippen LogP contribution >= 0.6 is 0 Å². The largest absolute Gasteiger partial charge is 0.478 e.